The zero-order valence-electron chi connectivity index (χ0n) is 5.50. The first-order chi connectivity index (χ1) is 5.66. The molecule has 0 aliphatic rings. The maximum Gasteiger partial charge on any atom is 0.232 e. The molecule has 0 N–H and O–H groups in total. The van der Waals surface area contributed by atoms with Crippen molar-refractivity contribution in [1.82, 2.24) is 4.98 Å². The van der Waals surface area contributed by atoms with Crippen LogP contribution in [0.15, 0.2) is 11.3 Å². The lowest BCUT2D eigenvalue weighted by Crippen LogP contribution is -1.87. The molecule has 0 unspecified atom stereocenters. The molecule has 0 amide bonds. The fourth-order valence-corrected chi connectivity index (χ4v) is 0.747. The van der Waals surface area contributed by atoms with Crippen LogP contribution in [-0.2, 0) is 0 Å². The van der Waals surface area contributed by atoms with E-state index in [0.717, 1.165) is 0 Å². The number of hydrogen-bond donors (Lipinski definition) is 0. The van der Waals surface area contributed by atoms with E-state index in [-0.39, 0.29) is 0 Å². The molecule has 4 nitrogen and oxygen atoms in total. The standard InChI is InChI=1S/C5HClF2N4/c6-3-4(11-12-9)2(7)1-10-5(3)8/h1H. The molecule has 0 saturated heterocycles. The minimum Gasteiger partial charge on any atom is -0.224 e. The number of halogens is 3. The average molecular weight is 191 g/mol. The fourth-order valence-electron chi connectivity index (χ4n) is 0.570. The van der Waals surface area contributed by atoms with Gasteiger partial charge in [-0.25, -0.2) is 9.37 Å². The first kappa shape index (κ1) is 8.70. The number of rotatable bonds is 1. The van der Waals surface area contributed by atoms with Gasteiger partial charge in [-0.05, 0) is 5.53 Å². The second kappa shape index (κ2) is 3.34. The second-order valence-electron chi connectivity index (χ2n) is 1.75. The van der Waals surface area contributed by atoms with Crippen LogP contribution in [0, 0.1) is 11.8 Å². The van der Waals surface area contributed by atoms with Gasteiger partial charge in [0.2, 0.25) is 5.95 Å². The molecule has 0 spiro atoms. The summed E-state index contributed by atoms with van der Waals surface area (Å²) in [4.78, 5) is 5.24. The van der Waals surface area contributed by atoms with Crippen LogP contribution in [-0.4, -0.2) is 4.98 Å². The molecule has 0 fully saturated rings. The maximum absolute atomic E-state index is 12.6. The van der Waals surface area contributed by atoms with Crippen molar-refractivity contribution in [2.24, 2.45) is 5.11 Å². The average Bonchev–Trinajstić information content (AvgIpc) is 2.06. The number of nitrogens with zero attached hydrogens (tertiary/aromatic N) is 4. The lowest BCUT2D eigenvalue weighted by Gasteiger charge is -1.97. The molecule has 0 aliphatic heterocycles. The summed E-state index contributed by atoms with van der Waals surface area (Å²) < 4.78 is 25.1. The lowest BCUT2D eigenvalue weighted by molar-refractivity contribution is 0.562. The molecule has 0 aromatic carbocycles. The van der Waals surface area contributed by atoms with E-state index in [1.165, 1.54) is 0 Å². The predicted molar refractivity (Wildman–Crippen MR) is 38.0 cm³/mol. The Hall–Kier alpha value is -1.39. The zero-order chi connectivity index (χ0) is 9.14. The molecule has 1 heterocycles. The van der Waals surface area contributed by atoms with E-state index >= 15 is 0 Å². The van der Waals surface area contributed by atoms with Crippen molar-refractivity contribution in [1.29, 1.82) is 0 Å². The molecular weight excluding hydrogens is 190 g/mol. The number of pyridine rings is 1. The van der Waals surface area contributed by atoms with Gasteiger partial charge in [-0.2, -0.15) is 4.39 Å². The smallest absolute Gasteiger partial charge is 0.224 e. The van der Waals surface area contributed by atoms with Crippen molar-refractivity contribution in [3.05, 3.63) is 33.4 Å². The highest BCUT2D eigenvalue weighted by Crippen LogP contribution is 2.28. The van der Waals surface area contributed by atoms with Gasteiger partial charge in [-0.3, -0.25) is 0 Å². The Morgan fingerprint density at radius 1 is 1.58 bits per heavy atom. The van der Waals surface area contributed by atoms with Gasteiger partial charge in [0.15, 0.2) is 5.82 Å². The second-order valence-corrected chi connectivity index (χ2v) is 2.13. The summed E-state index contributed by atoms with van der Waals surface area (Å²) in [5, 5.41) is 2.24. The van der Waals surface area contributed by atoms with E-state index in [1.807, 2.05) is 0 Å². The molecule has 0 atom stereocenters. The molecule has 0 radical (unpaired) electrons. The summed E-state index contributed by atoms with van der Waals surface area (Å²) in [7, 11) is 0. The normalized spacial score (nSPS) is 9.25. The van der Waals surface area contributed by atoms with Gasteiger partial charge in [-0.15, -0.1) is 0 Å². The van der Waals surface area contributed by atoms with Crippen LogP contribution in [0.25, 0.3) is 10.4 Å². The van der Waals surface area contributed by atoms with Crippen molar-refractivity contribution >= 4 is 17.3 Å². The van der Waals surface area contributed by atoms with Gasteiger partial charge < -0.3 is 0 Å². The van der Waals surface area contributed by atoms with Crippen LogP contribution in [0.5, 0.6) is 0 Å². The lowest BCUT2D eigenvalue weighted by atomic mass is 10.4. The quantitative estimate of drug-likeness (QED) is 0.291. The van der Waals surface area contributed by atoms with Crippen molar-refractivity contribution in [2.75, 3.05) is 0 Å². The molecule has 1 aromatic heterocycles. The third kappa shape index (κ3) is 1.44. The summed E-state index contributed by atoms with van der Waals surface area (Å²) in [5.41, 5.74) is 7.37. The largest absolute Gasteiger partial charge is 0.232 e. The highest BCUT2D eigenvalue weighted by atomic mass is 35.5. The van der Waals surface area contributed by atoms with Crippen molar-refractivity contribution < 1.29 is 8.78 Å². The topological polar surface area (TPSA) is 61.7 Å². The monoisotopic (exact) mass is 190 g/mol. The van der Waals surface area contributed by atoms with Gasteiger partial charge in [0.25, 0.3) is 0 Å². The van der Waals surface area contributed by atoms with Crippen LogP contribution in [0.3, 0.4) is 0 Å². The third-order valence-corrected chi connectivity index (χ3v) is 1.39. The molecule has 0 aliphatic carbocycles. The van der Waals surface area contributed by atoms with E-state index in [0.29, 0.717) is 6.20 Å². The Morgan fingerprint density at radius 3 is 2.83 bits per heavy atom. The summed E-state index contributed by atoms with van der Waals surface area (Å²) in [6, 6.07) is 0. The fraction of sp³-hybridized carbons (Fsp3) is 0. The first-order valence-corrected chi connectivity index (χ1v) is 3.09. The molecule has 0 bridgehead atoms. The summed E-state index contributed by atoms with van der Waals surface area (Å²) >= 11 is 5.23. The van der Waals surface area contributed by atoms with Gasteiger partial charge in [0.1, 0.15) is 5.02 Å². The Balaban J connectivity index is 3.42. The van der Waals surface area contributed by atoms with Gasteiger partial charge in [-0.1, -0.05) is 16.7 Å². The number of aromatic nitrogens is 1. The highest BCUT2D eigenvalue weighted by molar-refractivity contribution is 6.32. The van der Waals surface area contributed by atoms with Crippen LogP contribution >= 0.6 is 11.6 Å². The van der Waals surface area contributed by atoms with Gasteiger partial charge >= 0.3 is 0 Å². The van der Waals surface area contributed by atoms with E-state index in [2.05, 4.69) is 15.0 Å². The predicted octanol–water partition coefficient (Wildman–Crippen LogP) is 2.96. The summed E-state index contributed by atoms with van der Waals surface area (Å²) in [6.07, 6.45) is 0.589. The van der Waals surface area contributed by atoms with Gasteiger partial charge in [0.05, 0.1) is 11.9 Å². The number of hydrogen-bond acceptors (Lipinski definition) is 2. The SMILES string of the molecule is [N-]=[N+]=Nc1c(F)cnc(F)c1Cl. The zero-order valence-corrected chi connectivity index (χ0v) is 6.26. The van der Waals surface area contributed by atoms with Crippen LogP contribution in [0.4, 0.5) is 14.5 Å². The molecule has 0 saturated carbocycles. The molecule has 1 aromatic rings. The Bertz CT molecular complexity index is 361. The first-order valence-electron chi connectivity index (χ1n) is 2.71. The molecule has 12 heavy (non-hydrogen) atoms. The summed E-state index contributed by atoms with van der Waals surface area (Å²) in [5.74, 6) is -2.03. The molecular formula is C5HClF2N4. The summed E-state index contributed by atoms with van der Waals surface area (Å²) in [6.45, 7) is 0. The van der Waals surface area contributed by atoms with Crippen LogP contribution in [0.1, 0.15) is 0 Å². The van der Waals surface area contributed by atoms with E-state index in [4.69, 9.17) is 17.1 Å². The molecule has 62 valence electrons. The van der Waals surface area contributed by atoms with E-state index < -0.39 is 22.5 Å². The van der Waals surface area contributed by atoms with Gasteiger partial charge in [0, 0.05) is 4.91 Å². The van der Waals surface area contributed by atoms with E-state index in [1.54, 1.807) is 0 Å². The van der Waals surface area contributed by atoms with Crippen molar-refractivity contribution in [2.45, 2.75) is 0 Å². The Morgan fingerprint density at radius 2 is 2.25 bits per heavy atom. The van der Waals surface area contributed by atoms with Crippen molar-refractivity contribution in [3.63, 3.8) is 0 Å². The third-order valence-electron chi connectivity index (χ3n) is 1.05. The molecule has 1 rings (SSSR count). The highest BCUT2D eigenvalue weighted by Gasteiger charge is 2.10. The number of azide groups is 1. The van der Waals surface area contributed by atoms with Crippen LogP contribution in [0.2, 0.25) is 5.02 Å². The maximum atomic E-state index is 12.6. The van der Waals surface area contributed by atoms with E-state index in [9.17, 15) is 8.78 Å². The van der Waals surface area contributed by atoms with Crippen molar-refractivity contribution in [3.8, 4) is 0 Å². The minimum atomic E-state index is -1.07. The minimum absolute atomic E-state index is 0.577. The Labute approximate surface area is 70.4 Å². The Kier molecular flexibility index (Phi) is 2.42. The molecule has 7 heteroatoms. The van der Waals surface area contributed by atoms with Crippen LogP contribution < -0.4 is 0 Å².